The van der Waals surface area contributed by atoms with Crippen molar-refractivity contribution in [2.45, 2.75) is 6.54 Å². The summed E-state index contributed by atoms with van der Waals surface area (Å²) in [4.78, 5) is 3.84. The van der Waals surface area contributed by atoms with Gasteiger partial charge in [-0.3, -0.25) is 0 Å². The Hall–Kier alpha value is -2.30. The Labute approximate surface area is 93.4 Å². The molecule has 0 aliphatic rings. The first-order valence-electron chi connectivity index (χ1n) is 4.86. The van der Waals surface area contributed by atoms with Crippen molar-refractivity contribution in [2.24, 2.45) is 0 Å². The smallest absolute Gasteiger partial charge is 0.241 e. The van der Waals surface area contributed by atoms with E-state index >= 15 is 0 Å². The molecule has 1 aromatic heterocycles. The monoisotopic (exact) mass is 215 g/mol. The van der Waals surface area contributed by atoms with Crippen molar-refractivity contribution in [2.75, 3.05) is 11.5 Å². The SMILES string of the molecule is C=Cc1cccc(Cn2nc(N)nc2N)c1. The van der Waals surface area contributed by atoms with Crippen LogP contribution < -0.4 is 11.5 Å². The van der Waals surface area contributed by atoms with E-state index in [1.807, 2.05) is 24.3 Å². The molecule has 2 aromatic rings. The first-order valence-corrected chi connectivity index (χ1v) is 4.86. The van der Waals surface area contributed by atoms with E-state index in [1.54, 1.807) is 10.8 Å². The molecule has 5 nitrogen and oxygen atoms in total. The van der Waals surface area contributed by atoms with Gasteiger partial charge in [0.15, 0.2) is 0 Å². The Morgan fingerprint density at radius 1 is 1.38 bits per heavy atom. The van der Waals surface area contributed by atoms with Gasteiger partial charge in [0.25, 0.3) is 0 Å². The van der Waals surface area contributed by atoms with Crippen LogP contribution in [0.1, 0.15) is 11.1 Å². The topological polar surface area (TPSA) is 82.8 Å². The summed E-state index contributed by atoms with van der Waals surface area (Å²) in [5.41, 5.74) is 13.2. The number of hydrogen-bond acceptors (Lipinski definition) is 4. The molecule has 0 fully saturated rings. The summed E-state index contributed by atoms with van der Waals surface area (Å²) in [7, 11) is 0. The van der Waals surface area contributed by atoms with Crippen LogP contribution >= 0.6 is 0 Å². The van der Waals surface area contributed by atoms with Gasteiger partial charge in [-0.25, -0.2) is 4.68 Å². The van der Waals surface area contributed by atoms with Crippen molar-refractivity contribution in [1.82, 2.24) is 14.8 Å². The van der Waals surface area contributed by atoms with E-state index < -0.39 is 0 Å². The number of benzene rings is 1. The van der Waals surface area contributed by atoms with E-state index in [4.69, 9.17) is 11.5 Å². The van der Waals surface area contributed by atoms with E-state index in [0.717, 1.165) is 11.1 Å². The third kappa shape index (κ3) is 2.03. The molecule has 16 heavy (non-hydrogen) atoms. The van der Waals surface area contributed by atoms with E-state index in [9.17, 15) is 0 Å². The van der Waals surface area contributed by atoms with Gasteiger partial charge in [-0.1, -0.05) is 30.9 Å². The van der Waals surface area contributed by atoms with Gasteiger partial charge in [-0.2, -0.15) is 4.98 Å². The molecule has 4 N–H and O–H groups in total. The van der Waals surface area contributed by atoms with Gasteiger partial charge < -0.3 is 11.5 Å². The van der Waals surface area contributed by atoms with E-state index in [1.165, 1.54) is 0 Å². The highest BCUT2D eigenvalue weighted by Gasteiger charge is 2.04. The minimum atomic E-state index is 0.192. The van der Waals surface area contributed by atoms with Crippen molar-refractivity contribution in [3.8, 4) is 0 Å². The summed E-state index contributed by atoms with van der Waals surface area (Å²) in [5, 5.41) is 3.99. The number of nitrogens with zero attached hydrogens (tertiary/aromatic N) is 3. The fourth-order valence-corrected chi connectivity index (χ4v) is 1.48. The number of anilines is 2. The molecule has 0 spiro atoms. The fraction of sp³-hybridized carbons (Fsp3) is 0.0909. The van der Waals surface area contributed by atoms with Gasteiger partial charge in [0.05, 0.1) is 6.54 Å². The molecule has 0 saturated carbocycles. The maximum Gasteiger partial charge on any atom is 0.241 e. The summed E-state index contributed by atoms with van der Waals surface area (Å²) in [6, 6.07) is 7.95. The Kier molecular flexibility index (Phi) is 2.59. The lowest BCUT2D eigenvalue weighted by Crippen LogP contribution is -2.06. The second kappa shape index (κ2) is 4.06. The molecule has 0 unspecified atom stereocenters. The average molecular weight is 215 g/mol. The van der Waals surface area contributed by atoms with Crippen molar-refractivity contribution < 1.29 is 0 Å². The normalized spacial score (nSPS) is 10.2. The van der Waals surface area contributed by atoms with Gasteiger partial charge in [0.2, 0.25) is 11.9 Å². The third-order valence-electron chi connectivity index (χ3n) is 2.24. The lowest BCUT2D eigenvalue weighted by atomic mass is 10.1. The molecular formula is C11H13N5. The predicted molar refractivity (Wildman–Crippen MR) is 64.5 cm³/mol. The fourth-order valence-electron chi connectivity index (χ4n) is 1.48. The molecule has 2 rings (SSSR count). The third-order valence-corrected chi connectivity index (χ3v) is 2.24. The lowest BCUT2D eigenvalue weighted by Gasteiger charge is -2.03. The Morgan fingerprint density at radius 2 is 2.19 bits per heavy atom. The summed E-state index contributed by atoms with van der Waals surface area (Å²) in [6.07, 6.45) is 1.79. The lowest BCUT2D eigenvalue weighted by molar-refractivity contribution is 0.699. The van der Waals surface area contributed by atoms with Crippen molar-refractivity contribution in [1.29, 1.82) is 0 Å². The Balaban J connectivity index is 2.26. The van der Waals surface area contributed by atoms with Crippen LogP contribution in [0.15, 0.2) is 30.8 Å². The zero-order valence-corrected chi connectivity index (χ0v) is 8.80. The number of nitrogen functional groups attached to an aromatic ring is 2. The highest BCUT2D eigenvalue weighted by atomic mass is 15.4. The number of aromatic nitrogens is 3. The van der Waals surface area contributed by atoms with Crippen LogP contribution in [-0.4, -0.2) is 14.8 Å². The van der Waals surface area contributed by atoms with Crippen molar-refractivity contribution >= 4 is 18.0 Å². The van der Waals surface area contributed by atoms with Gasteiger partial charge >= 0.3 is 0 Å². The molecule has 0 radical (unpaired) electrons. The Bertz CT molecular complexity index is 515. The molecule has 0 aliphatic heterocycles. The highest BCUT2D eigenvalue weighted by molar-refractivity contribution is 5.48. The zero-order valence-electron chi connectivity index (χ0n) is 8.80. The molecule has 82 valence electrons. The van der Waals surface area contributed by atoms with E-state index in [0.29, 0.717) is 12.5 Å². The standard InChI is InChI=1S/C11H13N5/c1-2-8-4-3-5-9(6-8)7-16-11(13)14-10(12)15-16/h2-6H,1,7H2,(H4,12,13,14,15). The molecule has 1 aromatic carbocycles. The maximum atomic E-state index is 5.65. The highest BCUT2D eigenvalue weighted by Crippen LogP contribution is 2.10. The molecule has 5 heteroatoms. The summed E-state index contributed by atoms with van der Waals surface area (Å²) >= 11 is 0. The number of hydrogen-bond donors (Lipinski definition) is 2. The Morgan fingerprint density at radius 3 is 2.81 bits per heavy atom. The van der Waals surface area contributed by atoms with Gasteiger partial charge in [0, 0.05) is 0 Å². The maximum absolute atomic E-state index is 5.65. The zero-order chi connectivity index (χ0) is 11.5. The van der Waals surface area contributed by atoms with Gasteiger partial charge in [0.1, 0.15) is 0 Å². The first kappa shape index (κ1) is 10.2. The van der Waals surface area contributed by atoms with Crippen molar-refractivity contribution in [3.05, 3.63) is 42.0 Å². The van der Waals surface area contributed by atoms with E-state index in [2.05, 4.69) is 16.7 Å². The predicted octanol–water partition coefficient (Wildman–Crippen LogP) is 1.13. The molecular weight excluding hydrogens is 202 g/mol. The first-order chi connectivity index (χ1) is 7.69. The molecule has 1 heterocycles. The van der Waals surface area contributed by atoms with Crippen LogP contribution in [0.5, 0.6) is 0 Å². The van der Waals surface area contributed by atoms with Gasteiger partial charge in [-0.15, -0.1) is 5.10 Å². The summed E-state index contributed by atoms with van der Waals surface area (Å²) in [5.74, 6) is 0.513. The summed E-state index contributed by atoms with van der Waals surface area (Å²) < 4.78 is 1.57. The molecule has 0 atom stereocenters. The van der Waals surface area contributed by atoms with E-state index in [-0.39, 0.29) is 5.95 Å². The van der Waals surface area contributed by atoms with Crippen molar-refractivity contribution in [3.63, 3.8) is 0 Å². The second-order valence-corrected chi connectivity index (χ2v) is 3.44. The van der Waals surface area contributed by atoms with Crippen LogP contribution in [0.2, 0.25) is 0 Å². The molecule has 0 bridgehead atoms. The second-order valence-electron chi connectivity index (χ2n) is 3.44. The summed E-state index contributed by atoms with van der Waals surface area (Å²) in [6.45, 7) is 4.27. The van der Waals surface area contributed by atoms with Crippen LogP contribution in [0.25, 0.3) is 6.08 Å². The average Bonchev–Trinajstić information content (AvgIpc) is 2.58. The van der Waals surface area contributed by atoms with Crippen LogP contribution in [0.4, 0.5) is 11.9 Å². The quantitative estimate of drug-likeness (QED) is 0.804. The van der Waals surface area contributed by atoms with Crippen LogP contribution in [0.3, 0.4) is 0 Å². The number of nitrogens with two attached hydrogens (primary N) is 2. The molecule has 0 amide bonds. The molecule has 0 aliphatic carbocycles. The van der Waals surface area contributed by atoms with Crippen LogP contribution in [0, 0.1) is 0 Å². The van der Waals surface area contributed by atoms with Gasteiger partial charge in [-0.05, 0) is 17.2 Å². The number of rotatable bonds is 3. The minimum absolute atomic E-state index is 0.192. The minimum Gasteiger partial charge on any atom is -0.368 e. The molecule has 0 saturated heterocycles. The van der Waals surface area contributed by atoms with Crippen LogP contribution in [-0.2, 0) is 6.54 Å². The largest absolute Gasteiger partial charge is 0.368 e.